The molecule has 0 rings (SSSR count). The van der Waals surface area contributed by atoms with Gasteiger partial charge in [0.15, 0.2) is 0 Å². The molecule has 0 aromatic heterocycles. The average molecular weight is 461 g/mol. The Morgan fingerprint density at radius 2 is 1.10 bits per heavy atom. The van der Waals surface area contributed by atoms with E-state index < -0.39 is 12.9 Å². The normalized spacial score (nSPS) is 15.2. The molecule has 184 valence electrons. The minimum absolute atomic E-state index is 0.0519. The maximum Gasteiger partial charge on any atom is 0.362 e. The van der Waals surface area contributed by atoms with Crippen LogP contribution in [0.4, 0.5) is 0 Å². The van der Waals surface area contributed by atoms with Crippen LogP contribution in [0.1, 0.15) is 103 Å². The lowest BCUT2D eigenvalue weighted by molar-refractivity contribution is -0.875. The Hall–Kier alpha value is -0.450. The Morgan fingerprint density at radius 1 is 0.710 bits per heavy atom. The highest BCUT2D eigenvalue weighted by Gasteiger charge is 2.48. The second-order valence-corrected chi connectivity index (χ2v) is 11.9. The van der Waals surface area contributed by atoms with Gasteiger partial charge in [-0.1, -0.05) is 69.8 Å². The van der Waals surface area contributed by atoms with Gasteiger partial charge < -0.3 is 19.4 Å². The molecule has 1 unspecified atom stereocenters. The molecule has 0 fully saturated rings. The van der Waals surface area contributed by atoms with Crippen LogP contribution in [0.5, 0.6) is 0 Å². The third-order valence-electron chi connectivity index (χ3n) is 5.53. The highest BCUT2D eigenvalue weighted by atomic mass is 31.2. The summed E-state index contributed by atoms with van der Waals surface area (Å²) in [6.07, 6.45) is 25.5. The van der Waals surface area contributed by atoms with E-state index in [2.05, 4.69) is 31.2 Å². The van der Waals surface area contributed by atoms with E-state index in [1.165, 1.54) is 51.4 Å². The van der Waals surface area contributed by atoms with Crippen LogP contribution < -0.4 is 0 Å². The van der Waals surface area contributed by atoms with E-state index >= 15 is 0 Å². The fourth-order valence-corrected chi connectivity index (χ4v) is 4.91. The Balaban J connectivity index is 3.68. The SMILES string of the molecule is CC/C=C\CCCCCCCC/C=C\CCCCCCC(O)(C[N+](C)(C)C)P(=O)(O)O. The van der Waals surface area contributed by atoms with Crippen LogP contribution in [0.25, 0.3) is 0 Å². The zero-order valence-electron chi connectivity index (χ0n) is 20.8. The molecule has 0 bridgehead atoms. The first-order chi connectivity index (χ1) is 14.5. The van der Waals surface area contributed by atoms with Crippen molar-refractivity contribution in [1.29, 1.82) is 0 Å². The Morgan fingerprint density at radius 3 is 1.48 bits per heavy atom. The van der Waals surface area contributed by atoms with Crippen LogP contribution in [-0.4, -0.2) is 52.4 Å². The molecule has 5 nitrogen and oxygen atoms in total. The van der Waals surface area contributed by atoms with Gasteiger partial charge in [0.1, 0.15) is 6.54 Å². The second kappa shape index (κ2) is 17.1. The third-order valence-corrected chi connectivity index (χ3v) is 6.98. The average Bonchev–Trinajstić information content (AvgIpc) is 2.65. The second-order valence-electron chi connectivity index (χ2n) is 9.98. The molecule has 0 aromatic rings. The molecule has 0 aliphatic heterocycles. The number of aliphatic hydroxyl groups is 1. The highest BCUT2D eigenvalue weighted by molar-refractivity contribution is 7.53. The predicted molar refractivity (Wildman–Crippen MR) is 133 cm³/mol. The molecule has 0 amide bonds. The van der Waals surface area contributed by atoms with Gasteiger partial charge in [-0.15, -0.1) is 0 Å². The van der Waals surface area contributed by atoms with Crippen molar-refractivity contribution in [3.05, 3.63) is 24.3 Å². The summed E-state index contributed by atoms with van der Waals surface area (Å²) < 4.78 is 12.1. The van der Waals surface area contributed by atoms with Gasteiger partial charge >= 0.3 is 7.60 Å². The van der Waals surface area contributed by atoms with Crippen molar-refractivity contribution in [3.8, 4) is 0 Å². The molecule has 31 heavy (non-hydrogen) atoms. The fraction of sp³-hybridized carbons (Fsp3) is 0.840. The number of hydrogen-bond donors (Lipinski definition) is 3. The largest absolute Gasteiger partial charge is 0.373 e. The van der Waals surface area contributed by atoms with E-state index in [1.807, 2.05) is 21.1 Å². The van der Waals surface area contributed by atoms with Crippen molar-refractivity contribution in [2.75, 3.05) is 27.7 Å². The minimum Gasteiger partial charge on any atom is -0.373 e. The number of allylic oxidation sites excluding steroid dienone is 4. The van der Waals surface area contributed by atoms with Crippen LogP contribution in [-0.2, 0) is 4.57 Å². The number of likely N-dealkylation sites (N-methyl/N-ethyl adjacent to an activating group) is 1. The van der Waals surface area contributed by atoms with Crippen molar-refractivity contribution in [2.24, 2.45) is 0 Å². The van der Waals surface area contributed by atoms with Gasteiger partial charge in [0.2, 0.25) is 5.34 Å². The highest BCUT2D eigenvalue weighted by Crippen LogP contribution is 2.52. The van der Waals surface area contributed by atoms with E-state index in [-0.39, 0.29) is 13.0 Å². The molecule has 3 N–H and O–H groups in total. The summed E-state index contributed by atoms with van der Waals surface area (Å²) in [5.41, 5.74) is 0. The predicted octanol–water partition coefficient (Wildman–Crippen LogP) is 6.54. The molecule has 0 saturated heterocycles. The lowest BCUT2D eigenvalue weighted by Gasteiger charge is -2.35. The lowest BCUT2D eigenvalue weighted by Crippen LogP contribution is -2.49. The van der Waals surface area contributed by atoms with E-state index in [1.54, 1.807) is 0 Å². The van der Waals surface area contributed by atoms with Crippen LogP contribution in [0.2, 0.25) is 0 Å². The summed E-state index contributed by atoms with van der Waals surface area (Å²) in [5.74, 6) is 0. The Labute approximate surface area is 192 Å². The van der Waals surface area contributed by atoms with Crippen molar-refractivity contribution in [2.45, 2.75) is 109 Å². The van der Waals surface area contributed by atoms with Crippen LogP contribution in [0, 0.1) is 0 Å². The van der Waals surface area contributed by atoms with Gasteiger partial charge in [-0.3, -0.25) is 4.57 Å². The number of quaternary nitrogens is 1. The number of rotatable bonds is 20. The Bertz CT molecular complexity index is 536. The molecule has 0 saturated carbocycles. The van der Waals surface area contributed by atoms with Crippen molar-refractivity contribution in [3.63, 3.8) is 0 Å². The maximum absolute atomic E-state index is 11.8. The molecule has 0 radical (unpaired) electrons. The number of hydrogen-bond acceptors (Lipinski definition) is 2. The van der Waals surface area contributed by atoms with Gasteiger partial charge in [-0.2, -0.15) is 0 Å². The Kier molecular flexibility index (Phi) is 16.8. The summed E-state index contributed by atoms with van der Waals surface area (Å²) >= 11 is 0. The number of unbranched alkanes of at least 4 members (excludes halogenated alkanes) is 11. The van der Waals surface area contributed by atoms with Gasteiger partial charge in [0.05, 0.1) is 21.1 Å². The molecule has 0 aromatic carbocycles. The molecule has 0 aliphatic carbocycles. The zero-order valence-corrected chi connectivity index (χ0v) is 21.7. The van der Waals surface area contributed by atoms with Crippen LogP contribution >= 0.6 is 7.60 Å². The van der Waals surface area contributed by atoms with Gasteiger partial charge in [0, 0.05) is 0 Å². The summed E-state index contributed by atoms with van der Waals surface area (Å²) in [5, 5.41) is 8.61. The van der Waals surface area contributed by atoms with E-state index in [0.717, 1.165) is 32.1 Å². The molecule has 1 atom stereocenters. The van der Waals surface area contributed by atoms with Gasteiger partial charge in [-0.25, -0.2) is 0 Å². The topological polar surface area (TPSA) is 77.8 Å². The smallest absolute Gasteiger partial charge is 0.362 e. The van der Waals surface area contributed by atoms with Crippen molar-refractivity contribution in [1.82, 2.24) is 0 Å². The standard InChI is InChI=1S/C25H50NO4P/c1-5-6-7-8-9-10-11-12-13-14-15-16-17-18-19-20-21-22-23-25(27,31(28,29)30)24-26(2,3)4/h6-7,16-17,27H,5,8-15,18-24H2,1-4H3,(H-,28,29,30)/p+1/b7-6-,17-16-. The van der Waals surface area contributed by atoms with E-state index in [9.17, 15) is 19.5 Å². The molecule has 0 aliphatic rings. The molecular weight excluding hydrogens is 409 g/mol. The van der Waals surface area contributed by atoms with E-state index in [0.29, 0.717) is 10.9 Å². The lowest BCUT2D eigenvalue weighted by atomic mass is 10.1. The summed E-state index contributed by atoms with van der Waals surface area (Å²) in [6.45, 7) is 2.23. The zero-order chi connectivity index (χ0) is 23.6. The first-order valence-corrected chi connectivity index (χ1v) is 14.0. The van der Waals surface area contributed by atoms with Gasteiger partial charge in [-0.05, 0) is 57.8 Å². The fourth-order valence-electron chi connectivity index (χ4n) is 3.85. The maximum atomic E-state index is 11.8. The monoisotopic (exact) mass is 460 g/mol. The molecular formula is C25H51NO4P+. The molecule has 0 spiro atoms. The summed E-state index contributed by atoms with van der Waals surface area (Å²) in [7, 11) is 0.950. The molecule has 6 heteroatoms. The summed E-state index contributed by atoms with van der Waals surface area (Å²) in [4.78, 5) is 19.2. The van der Waals surface area contributed by atoms with Crippen LogP contribution in [0.15, 0.2) is 24.3 Å². The minimum atomic E-state index is -4.55. The van der Waals surface area contributed by atoms with Crippen molar-refractivity contribution >= 4 is 7.60 Å². The summed E-state index contributed by atoms with van der Waals surface area (Å²) in [6, 6.07) is 0. The first-order valence-electron chi connectivity index (χ1n) is 12.4. The van der Waals surface area contributed by atoms with Gasteiger partial charge in [0.25, 0.3) is 0 Å². The van der Waals surface area contributed by atoms with Crippen LogP contribution in [0.3, 0.4) is 0 Å². The van der Waals surface area contributed by atoms with Crippen molar-refractivity contribution < 1.29 is 23.9 Å². The quantitative estimate of drug-likeness (QED) is 0.0834. The first kappa shape index (κ1) is 30.6. The van der Waals surface area contributed by atoms with E-state index in [4.69, 9.17) is 0 Å². The number of nitrogens with zero attached hydrogens (tertiary/aromatic N) is 1. The molecule has 0 heterocycles. The third kappa shape index (κ3) is 17.7.